The maximum atomic E-state index is 12.5. The topological polar surface area (TPSA) is 49.9 Å². The standard InChI is InChI=1S/C18H26N2O3/c1-3-17(21)19-11-6-12-20(14-13-19)18(22)10-9-15-7-4-5-8-16(15)23-2/h4-5,7-8H,3,6,9-14H2,1-2H3. The van der Waals surface area contributed by atoms with Crippen molar-refractivity contribution in [1.29, 1.82) is 0 Å². The molecule has 0 spiro atoms. The lowest BCUT2D eigenvalue weighted by atomic mass is 10.1. The fourth-order valence-corrected chi connectivity index (χ4v) is 2.95. The maximum Gasteiger partial charge on any atom is 0.222 e. The number of amides is 2. The van der Waals surface area contributed by atoms with Crippen molar-refractivity contribution >= 4 is 11.8 Å². The second-order valence-electron chi connectivity index (χ2n) is 5.78. The van der Waals surface area contributed by atoms with Gasteiger partial charge >= 0.3 is 0 Å². The molecule has 1 aliphatic heterocycles. The third-order valence-corrected chi connectivity index (χ3v) is 4.30. The van der Waals surface area contributed by atoms with Gasteiger partial charge in [0.25, 0.3) is 0 Å². The van der Waals surface area contributed by atoms with E-state index in [1.54, 1.807) is 7.11 Å². The maximum absolute atomic E-state index is 12.5. The summed E-state index contributed by atoms with van der Waals surface area (Å²) in [6.45, 7) is 4.65. The molecule has 0 aromatic heterocycles. The minimum Gasteiger partial charge on any atom is -0.496 e. The lowest BCUT2D eigenvalue weighted by molar-refractivity contribution is -0.133. The molecule has 0 radical (unpaired) electrons. The SMILES string of the molecule is CCC(=O)N1CCCN(C(=O)CCc2ccccc2OC)CC1. The van der Waals surface area contributed by atoms with Gasteiger partial charge < -0.3 is 14.5 Å². The molecule has 0 bridgehead atoms. The first-order valence-electron chi connectivity index (χ1n) is 8.33. The second-order valence-corrected chi connectivity index (χ2v) is 5.78. The van der Waals surface area contributed by atoms with Crippen molar-refractivity contribution in [2.75, 3.05) is 33.3 Å². The first-order valence-corrected chi connectivity index (χ1v) is 8.33. The molecule has 0 N–H and O–H groups in total. The molecular weight excluding hydrogens is 292 g/mol. The Labute approximate surface area is 138 Å². The lowest BCUT2D eigenvalue weighted by Crippen LogP contribution is -2.37. The van der Waals surface area contributed by atoms with Crippen molar-refractivity contribution in [1.82, 2.24) is 9.80 Å². The van der Waals surface area contributed by atoms with Gasteiger partial charge in [-0.15, -0.1) is 0 Å². The summed E-state index contributed by atoms with van der Waals surface area (Å²) in [5.74, 6) is 1.16. The average molecular weight is 318 g/mol. The molecule has 5 heteroatoms. The Bertz CT molecular complexity index is 545. The Hall–Kier alpha value is -2.04. The van der Waals surface area contributed by atoms with Crippen LogP contribution in [0, 0.1) is 0 Å². The van der Waals surface area contributed by atoms with Gasteiger partial charge in [0.15, 0.2) is 0 Å². The number of hydrogen-bond acceptors (Lipinski definition) is 3. The van der Waals surface area contributed by atoms with Gasteiger partial charge in [0.2, 0.25) is 11.8 Å². The second kappa shape index (κ2) is 8.56. The van der Waals surface area contributed by atoms with Crippen LogP contribution in [-0.2, 0) is 16.0 Å². The minimum atomic E-state index is 0.154. The molecule has 0 saturated carbocycles. The Balaban J connectivity index is 1.87. The van der Waals surface area contributed by atoms with Crippen molar-refractivity contribution in [3.63, 3.8) is 0 Å². The Kier molecular flexibility index (Phi) is 6.44. The fraction of sp³-hybridized carbons (Fsp3) is 0.556. The predicted octanol–water partition coefficient (Wildman–Crippen LogP) is 2.10. The first kappa shape index (κ1) is 17.3. The number of nitrogens with zero attached hydrogens (tertiary/aromatic N) is 2. The zero-order chi connectivity index (χ0) is 16.7. The number of methoxy groups -OCH3 is 1. The Morgan fingerprint density at radius 2 is 1.70 bits per heavy atom. The van der Waals surface area contributed by atoms with E-state index in [1.165, 1.54) is 0 Å². The summed E-state index contributed by atoms with van der Waals surface area (Å²) >= 11 is 0. The van der Waals surface area contributed by atoms with Crippen LogP contribution < -0.4 is 4.74 Å². The highest BCUT2D eigenvalue weighted by molar-refractivity contribution is 5.77. The number of carbonyl (C=O) groups excluding carboxylic acids is 2. The Morgan fingerprint density at radius 3 is 2.35 bits per heavy atom. The van der Waals surface area contributed by atoms with E-state index in [1.807, 2.05) is 41.0 Å². The van der Waals surface area contributed by atoms with Crippen molar-refractivity contribution in [3.05, 3.63) is 29.8 Å². The van der Waals surface area contributed by atoms with Gasteiger partial charge in [-0.25, -0.2) is 0 Å². The number of carbonyl (C=O) groups is 2. The summed E-state index contributed by atoms with van der Waals surface area (Å²) in [5.41, 5.74) is 1.06. The molecule has 0 unspecified atom stereocenters. The third kappa shape index (κ3) is 4.71. The summed E-state index contributed by atoms with van der Waals surface area (Å²) < 4.78 is 5.33. The van der Waals surface area contributed by atoms with Crippen LogP contribution in [0.3, 0.4) is 0 Å². The number of benzene rings is 1. The summed E-state index contributed by atoms with van der Waals surface area (Å²) in [7, 11) is 1.65. The van der Waals surface area contributed by atoms with Crippen LogP contribution in [0.5, 0.6) is 5.75 Å². The van der Waals surface area contributed by atoms with Crippen LogP contribution in [0.1, 0.15) is 31.7 Å². The number of para-hydroxylation sites is 1. The zero-order valence-corrected chi connectivity index (χ0v) is 14.1. The summed E-state index contributed by atoms with van der Waals surface area (Å²) in [6.07, 6.45) is 2.53. The first-order chi connectivity index (χ1) is 11.2. The van der Waals surface area contributed by atoms with Gasteiger partial charge in [-0.3, -0.25) is 9.59 Å². The van der Waals surface area contributed by atoms with Gasteiger partial charge in [0.1, 0.15) is 5.75 Å². The highest BCUT2D eigenvalue weighted by Gasteiger charge is 2.21. The largest absolute Gasteiger partial charge is 0.496 e. The van der Waals surface area contributed by atoms with E-state index in [0.29, 0.717) is 32.4 Å². The number of rotatable bonds is 5. The van der Waals surface area contributed by atoms with E-state index in [9.17, 15) is 9.59 Å². The van der Waals surface area contributed by atoms with Crippen LogP contribution in [-0.4, -0.2) is 54.9 Å². The minimum absolute atomic E-state index is 0.154. The van der Waals surface area contributed by atoms with Gasteiger partial charge in [0, 0.05) is 39.0 Å². The molecular formula is C18H26N2O3. The van der Waals surface area contributed by atoms with E-state index in [4.69, 9.17) is 4.74 Å². The molecule has 0 aliphatic carbocycles. The quantitative estimate of drug-likeness (QED) is 0.835. The van der Waals surface area contributed by atoms with E-state index in [-0.39, 0.29) is 11.8 Å². The predicted molar refractivity (Wildman–Crippen MR) is 89.4 cm³/mol. The molecule has 1 fully saturated rings. The lowest BCUT2D eigenvalue weighted by Gasteiger charge is -2.22. The Morgan fingerprint density at radius 1 is 1.04 bits per heavy atom. The summed E-state index contributed by atoms with van der Waals surface area (Å²) in [5, 5.41) is 0. The van der Waals surface area contributed by atoms with Crippen molar-refractivity contribution in [2.24, 2.45) is 0 Å². The monoisotopic (exact) mass is 318 g/mol. The van der Waals surface area contributed by atoms with Crippen LogP contribution >= 0.6 is 0 Å². The van der Waals surface area contributed by atoms with Crippen LogP contribution in [0.2, 0.25) is 0 Å². The summed E-state index contributed by atoms with van der Waals surface area (Å²) in [6, 6.07) is 7.80. The number of hydrogen-bond donors (Lipinski definition) is 0. The third-order valence-electron chi connectivity index (χ3n) is 4.30. The normalized spacial score (nSPS) is 15.2. The molecule has 2 rings (SSSR count). The van der Waals surface area contributed by atoms with E-state index in [0.717, 1.165) is 30.8 Å². The molecule has 126 valence electrons. The number of aryl methyl sites for hydroxylation is 1. The highest BCUT2D eigenvalue weighted by atomic mass is 16.5. The molecule has 0 atom stereocenters. The van der Waals surface area contributed by atoms with Crippen LogP contribution in [0.25, 0.3) is 0 Å². The molecule has 5 nitrogen and oxygen atoms in total. The molecule has 1 heterocycles. The summed E-state index contributed by atoms with van der Waals surface area (Å²) in [4.78, 5) is 28.0. The molecule has 23 heavy (non-hydrogen) atoms. The average Bonchev–Trinajstić information content (AvgIpc) is 2.85. The van der Waals surface area contributed by atoms with Gasteiger partial charge in [-0.05, 0) is 24.5 Å². The van der Waals surface area contributed by atoms with Crippen LogP contribution in [0.15, 0.2) is 24.3 Å². The molecule has 1 aromatic rings. The molecule has 2 amide bonds. The smallest absolute Gasteiger partial charge is 0.222 e. The van der Waals surface area contributed by atoms with Crippen molar-refractivity contribution in [2.45, 2.75) is 32.6 Å². The van der Waals surface area contributed by atoms with Gasteiger partial charge in [0.05, 0.1) is 7.11 Å². The fourth-order valence-electron chi connectivity index (χ4n) is 2.95. The molecule has 1 aromatic carbocycles. The highest BCUT2D eigenvalue weighted by Crippen LogP contribution is 2.19. The number of ether oxygens (including phenoxy) is 1. The van der Waals surface area contributed by atoms with Crippen molar-refractivity contribution < 1.29 is 14.3 Å². The van der Waals surface area contributed by atoms with Gasteiger partial charge in [-0.2, -0.15) is 0 Å². The van der Waals surface area contributed by atoms with E-state index >= 15 is 0 Å². The zero-order valence-electron chi connectivity index (χ0n) is 14.1. The van der Waals surface area contributed by atoms with Crippen LogP contribution in [0.4, 0.5) is 0 Å². The van der Waals surface area contributed by atoms with E-state index < -0.39 is 0 Å². The molecule has 1 saturated heterocycles. The molecule has 1 aliphatic rings. The van der Waals surface area contributed by atoms with Gasteiger partial charge in [-0.1, -0.05) is 25.1 Å². The van der Waals surface area contributed by atoms with E-state index in [2.05, 4.69) is 0 Å². The van der Waals surface area contributed by atoms with Crippen molar-refractivity contribution in [3.8, 4) is 5.75 Å².